The zero-order valence-electron chi connectivity index (χ0n) is 9.85. The molecule has 2 N–H and O–H groups in total. The molecule has 8 nitrogen and oxygen atoms in total. The molecule has 98 valence electrons. The van der Waals surface area contributed by atoms with Crippen LogP contribution in [0.1, 0.15) is 16.9 Å². The Balaban J connectivity index is 1.97. The highest BCUT2D eigenvalue weighted by Crippen LogP contribution is 2.12. The van der Waals surface area contributed by atoms with Crippen molar-refractivity contribution in [3.63, 3.8) is 0 Å². The van der Waals surface area contributed by atoms with Crippen LogP contribution in [0.15, 0.2) is 30.7 Å². The van der Waals surface area contributed by atoms with Crippen molar-refractivity contribution in [2.45, 2.75) is 13.0 Å². The van der Waals surface area contributed by atoms with E-state index in [2.05, 4.69) is 20.6 Å². The zero-order valence-corrected chi connectivity index (χ0v) is 9.85. The van der Waals surface area contributed by atoms with Gasteiger partial charge in [0.15, 0.2) is 5.69 Å². The summed E-state index contributed by atoms with van der Waals surface area (Å²) >= 11 is 0. The van der Waals surface area contributed by atoms with E-state index in [0.717, 1.165) is 0 Å². The lowest BCUT2D eigenvalue weighted by Crippen LogP contribution is -2.17. The SMILES string of the molecule is O=C(CCn1ccnn1)Nc1cccnc1C(=O)O. The maximum absolute atomic E-state index is 11.7. The van der Waals surface area contributed by atoms with Crippen molar-refractivity contribution in [2.24, 2.45) is 0 Å². The molecule has 0 saturated carbocycles. The summed E-state index contributed by atoms with van der Waals surface area (Å²) in [5.74, 6) is -1.50. The highest BCUT2D eigenvalue weighted by molar-refractivity contribution is 5.98. The summed E-state index contributed by atoms with van der Waals surface area (Å²) < 4.78 is 1.51. The quantitative estimate of drug-likeness (QED) is 0.806. The summed E-state index contributed by atoms with van der Waals surface area (Å²) in [5.41, 5.74) is -0.00445. The molecule has 0 aliphatic carbocycles. The average Bonchev–Trinajstić information content (AvgIpc) is 2.90. The van der Waals surface area contributed by atoms with Crippen molar-refractivity contribution in [3.05, 3.63) is 36.4 Å². The van der Waals surface area contributed by atoms with Crippen LogP contribution in [0.4, 0.5) is 5.69 Å². The van der Waals surface area contributed by atoms with Gasteiger partial charge in [0.1, 0.15) is 0 Å². The molecule has 1 amide bonds. The fourth-order valence-corrected chi connectivity index (χ4v) is 1.46. The smallest absolute Gasteiger partial charge is 0.356 e. The predicted molar refractivity (Wildman–Crippen MR) is 64.5 cm³/mol. The number of carboxylic acids is 1. The lowest BCUT2D eigenvalue weighted by Gasteiger charge is -2.07. The number of aromatic nitrogens is 4. The molecule has 2 rings (SSSR count). The van der Waals surface area contributed by atoms with Gasteiger partial charge in [-0.05, 0) is 12.1 Å². The third-order valence-corrected chi connectivity index (χ3v) is 2.32. The normalized spacial score (nSPS) is 10.1. The molecule has 0 unspecified atom stereocenters. The number of carbonyl (C=O) groups excluding carboxylic acids is 1. The molecule has 0 aliphatic heterocycles. The Morgan fingerprint density at radius 3 is 2.89 bits per heavy atom. The molecule has 2 aromatic heterocycles. The third-order valence-electron chi connectivity index (χ3n) is 2.32. The Hall–Kier alpha value is -2.77. The highest BCUT2D eigenvalue weighted by Gasteiger charge is 2.13. The minimum Gasteiger partial charge on any atom is -0.476 e. The van der Waals surface area contributed by atoms with Crippen LogP contribution >= 0.6 is 0 Å². The van der Waals surface area contributed by atoms with Crippen LogP contribution < -0.4 is 5.32 Å². The zero-order chi connectivity index (χ0) is 13.7. The van der Waals surface area contributed by atoms with E-state index in [1.165, 1.54) is 23.1 Å². The molecular formula is C11H11N5O3. The minimum atomic E-state index is -1.19. The largest absolute Gasteiger partial charge is 0.476 e. The van der Waals surface area contributed by atoms with Crippen LogP contribution in [0.2, 0.25) is 0 Å². The van der Waals surface area contributed by atoms with Gasteiger partial charge in [-0.15, -0.1) is 5.10 Å². The van der Waals surface area contributed by atoms with Crippen LogP contribution in [-0.4, -0.2) is 37.0 Å². The topological polar surface area (TPSA) is 110 Å². The first-order valence-corrected chi connectivity index (χ1v) is 5.49. The third kappa shape index (κ3) is 3.35. The Kier molecular flexibility index (Phi) is 3.81. The van der Waals surface area contributed by atoms with E-state index < -0.39 is 5.97 Å². The number of nitrogens with one attached hydrogen (secondary N) is 1. The van der Waals surface area contributed by atoms with E-state index in [0.29, 0.717) is 6.54 Å². The summed E-state index contributed by atoms with van der Waals surface area (Å²) in [6, 6.07) is 3.04. The van der Waals surface area contributed by atoms with E-state index in [-0.39, 0.29) is 23.7 Å². The van der Waals surface area contributed by atoms with Crippen LogP contribution in [0.5, 0.6) is 0 Å². The summed E-state index contributed by atoms with van der Waals surface area (Å²) in [7, 11) is 0. The Morgan fingerprint density at radius 1 is 1.37 bits per heavy atom. The van der Waals surface area contributed by atoms with Gasteiger partial charge in [-0.2, -0.15) is 0 Å². The number of carboxylic acid groups (broad SMARTS) is 1. The molecule has 0 bridgehead atoms. The number of aryl methyl sites for hydroxylation is 1. The number of pyridine rings is 1. The van der Waals surface area contributed by atoms with Crippen LogP contribution in [-0.2, 0) is 11.3 Å². The van der Waals surface area contributed by atoms with Crippen molar-refractivity contribution in [1.82, 2.24) is 20.0 Å². The molecule has 0 radical (unpaired) electrons. The number of hydrogen-bond donors (Lipinski definition) is 2. The van der Waals surface area contributed by atoms with Crippen LogP contribution in [0.3, 0.4) is 0 Å². The van der Waals surface area contributed by atoms with Gasteiger partial charge >= 0.3 is 5.97 Å². The van der Waals surface area contributed by atoms with Crippen LogP contribution in [0, 0.1) is 0 Å². The van der Waals surface area contributed by atoms with Gasteiger partial charge in [-0.3, -0.25) is 9.48 Å². The van der Waals surface area contributed by atoms with E-state index in [9.17, 15) is 9.59 Å². The maximum atomic E-state index is 11.7. The van der Waals surface area contributed by atoms with E-state index in [4.69, 9.17) is 5.11 Å². The fourth-order valence-electron chi connectivity index (χ4n) is 1.46. The van der Waals surface area contributed by atoms with E-state index >= 15 is 0 Å². The Bertz CT molecular complexity index is 582. The average molecular weight is 261 g/mol. The molecule has 0 fully saturated rings. The summed E-state index contributed by atoms with van der Waals surface area (Å²) in [6.45, 7) is 0.370. The van der Waals surface area contributed by atoms with Gasteiger partial charge in [0, 0.05) is 18.8 Å². The number of hydrogen-bond acceptors (Lipinski definition) is 5. The summed E-state index contributed by atoms with van der Waals surface area (Å²) in [4.78, 5) is 26.3. The fraction of sp³-hybridized carbons (Fsp3) is 0.182. The van der Waals surface area contributed by atoms with Gasteiger partial charge in [-0.1, -0.05) is 5.21 Å². The summed E-state index contributed by atoms with van der Waals surface area (Å²) in [5, 5.41) is 18.8. The molecular weight excluding hydrogens is 250 g/mol. The lowest BCUT2D eigenvalue weighted by molar-refractivity contribution is -0.116. The van der Waals surface area contributed by atoms with Gasteiger partial charge < -0.3 is 10.4 Å². The molecule has 0 aliphatic rings. The van der Waals surface area contributed by atoms with Gasteiger partial charge in [0.05, 0.1) is 18.4 Å². The lowest BCUT2D eigenvalue weighted by atomic mass is 10.3. The number of carbonyl (C=O) groups is 2. The predicted octanol–water partition coefficient (Wildman–Crippen LogP) is 0.400. The van der Waals surface area contributed by atoms with Gasteiger partial charge in [0.2, 0.25) is 5.91 Å². The Labute approximate surface area is 108 Å². The van der Waals surface area contributed by atoms with Crippen molar-refractivity contribution in [2.75, 3.05) is 5.32 Å². The molecule has 0 aromatic carbocycles. The number of aromatic carboxylic acids is 1. The first-order valence-electron chi connectivity index (χ1n) is 5.49. The maximum Gasteiger partial charge on any atom is 0.356 e. The second kappa shape index (κ2) is 5.71. The molecule has 2 aromatic rings. The molecule has 19 heavy (non-hydrogen) atoms. The molecule has 0 spiro atoms. The molecule has 2 heterocycles. The van der Waals surface area contributed by atoms with Crippen molar-refractivity contribution in [1.29, 1.82) is 0 Å². The molecule has 0 saturated heterocycles. The number of amides is 1. The number of anilines is 1. The Morgan fingerprint density at radius 2 is 2.21 bits per heavy atom. The first kappa shape index (κ1) is 12.7. The van der Waals surface area contributed by atoms with E-state index in [1.54, 1.807) is 12.3 Å². The summed E-state index contributed by atoms with van der Waals surface area (Å²) in [6.07, 6.45) is 4.67. The van der Waals surface area contributed by atoms with Gasteiger partial charge in [-0.25, -0.2) is 9.78 Å². The number of rotatable bonds is 5. The highest BCUT2D eigenvalue weighted by atomic mass is 16.4. The monoisotopic (exact) mass is 261 g/mol. The van der Waals surface area contributed by atoms with Crippen LogP contribution in [0.25, 0.3) is 0 Å². The first-order chi connectivity index (χ1) is 9.16. The number of nitrogens with zero attached hydrogens (tertiary/aromatic N) is 4. The second-order valence-electron chi connectivity index (χ2n) is 3.67. The van der Waals surface area contributed by atoms with Crippen molar-refractivity contribution >= 4 is 17.6 Å². The second-order valence-corrected chi connectivity index (χ2v) is 3.67. The van der Waals surface area contributed by atoms with E-state index in [1.807, 2.05) is 0 Å². The standard InChI is InChI=1S/C11H11N5O3/c17-9(3-6-16-7-5-13-15-16)14-8-2-1-4-12-10(8)11(18)19/h1-2,4-5,7H,3,6H2,(H,14,17)(H,18,19). The van der Waals surface area contributed by atoms with Gasteiger partial charge in [0.25, 0.3) is 0 Å². The molecule has 8 heteroatoms. The van der Waals surface area contributed by atoms with Crippen molar-refractivity contribution < 1.29 is 14.7 Å². The van der Waals surface area contributed by atoms with Crippen molar-refractivity contribution in [3.8, 4) is 0 Å². The molecule has 0 atom stereocenters. The minimum absolute atomic E-state index is 0.164.